The first kappa shape index (κ1) is 27.4. The largest absolute Gasteiger partial charge is 0.332 e. The van der Waals surface area contributed by atoms with E-state index in [0.29, 0.717) is 0 Å². The van der Waals surface area contributed by atoms with Crippen LogP contribution in [0.4, 0.5) is 0 Å². The van der Waals surface area contributed by atoms with Crippen molar-refractivity contribution >= 4 is 7.60 Å². The monoisotopic (exact) mass is 449 g/mol. The summed E-state index contributed by atoms with van der Waals surface area (Å²) in [6.45, 7) is 8.45. The Labute approximate surface area is 165 Å². The normalized spacial score (nSPS) is 12.1. The van der Waals surface area contributed by atoms with Crippen molar-refractivity contribution in [2.45, 2.75) is 85.5 Å². The molecule has 0 aliphatic rings. The predicted octanol–water partition coefficient (Wildman–Crippen LogP) is 5.56. The molecule has 0 radical (unpaired) electrons. The third kappa shape index (κ3) is 26.7. The fraction of sp³-hybridized carbons (Fsp3) is 0.938. The van der Waals surface area contributed by atoms with Crippen molar-refractivity contribution in [1.29, 1.82) is 0 Å². The van der Waals surface area contributed by atoms with Gasteiger partial charge in [-0.1, -0.05) is 65.7 Å². The molecule has 0 aliphatic heterocycles. The van der Waals surface area contributed by atoms with E-state index < -0.39 is 7.60 Å². The van der Waals surface area contributed by atoms with E-state index >= 15 is 0 Å². The van der Waals surface area contributed by atoms with Crippen molar-refractivity contribution in [3.63, 3.8) is 0 Å². The maximum Gasteiger partial charge on any atom is 0.325 e. The third-order valence-electron chi connectivity index (χ3n) is 3.39. The average Bonchev–Trinajstić information content (AvgIpc) is 2.39. The van der Waals surface area contributed by atoms with Gasteiger partial charge in [0, 0.05) is 40.8 Å². The van der Waals surface area contributed by atoms with Gasteiger partial charge in [0.1, 0.15) is 0 Å². The quantitative estimate of drug-likeness (QED) is 0.246. The van der Waals surface area contributed by atoms with Crippen molar-refractivity contribution in [1.82, 2.24) is 0 Å². The molecule has 2 N–H and O–H groups in total. The summed E-state index contributed by atoms with van der Waals surface area (Å²) in [4.78, 5) is 17.5. The Balaban J connectivity index is -0.000000317. The number of hydrogen-bond acceptors (Lipinski definition) is 1. The Kier molecular flexibility index (Phi) is 25.5. The van der Waals surface area contributed by atoms with E-state index in [1.54, 1.807) is 0 Å². The van der Waals surface area contributed by atoms with Crippen LogP contribution in [-0.4, -0.2) is 15.9 Å². The zero-order valence-corrected chi connectivity index (χ0v) is 18.6. The van der Waals surface area contributed by atoms with Gasteiger partial charge in [-0.25, -0.2) is 0 Å². The summed E-state index contributed by atoms with van der Waals surface area (Å²) in [6, 6.07) is 0. The van der Waals surface area contributed by atoms with Crippen LogP contribution < -0.4 is 0 Å². The second kappa shape index (κ2) is 19.5. The molecule has 1 unspecified atom stereocenters. The first-order valence-corrected chi connectivity index (χ1v) is 10.0. The Morgan fingerprint density at radius 1 is 1.00 bits per heavy atom. The minimum Gasteiger partial charge on any atom is -0.332 e. The van der Waals surface area contributed by atoms with E-state index in [1.165, 1.54) is 32.1 Å². The van der Waals surface area contributed by atoms with Gasteiger partial charge in [-0.05, 0) is 12.3 Å². The molecule has 0 aromatic rings. The summed E-state index contributed by atoms with van der Waals surface area (Å²) in [7, 11) is -3.78. The van der Waals surface area contributed by atoms with Crippen molar-refractivity contribution in [2.24, 2.45) is 5.92 Å². The van der Waals surface area contributed by atoms with Gasteiger partial charge in [-0.3, -0.25) is 4.57 Å². The first-order chi connectivity index (χ1) is 9.41. The summed E-state index contributed by atoms with van der Waals surface area (Å²) >= 11 is 0. The maximum atomic E-state index is 10.7. The van der Waals surface area contributed by atoms with Gasteiger partial charge >= 0.3 is 7.60 Å². The van der Waals surface area contributed by atoms with Crippen LogP contribution in [0.15, 0.2) is 0 Å². The molecular weight excluding hydrogens is 415 g/mol. The SMILES string of the molecule is CCCCC(CC)CP(=O)(O)O.C[CH-]CCCCCC.[Nd]. The molecule has 0 rings (SSSR count). The van der Waals surface area contributed by atoms with Gasteiger partial charge in [0.15, 0.2) is 0 Å². The maximum absolute atomic E-state index is 10.7. The van der Waals surface area contributed by atoms with Gasteiger partial charge < -0.3 is 16.2 Å². The van der Waals surface area contributed by atoms with Gasteiger partial charge in [0.05, 0.1) is 6.16 Å². The molecule has 0 fully saturated rings. The zero-order chi connectivity index (χ0) is 15.9. The standard InChI is InChI=1S/C8H19O3P.C8H17.Nd/c1-3-5-6-8(4-2)7-12(9,10)11;1-3-5-7-8-6-4-2;/h8H,3-7H2,1-2H3,(H2,9,10,11);3H,4-8H2,1-2H3;/q;-1;. The molecule has 5 heteroatoms. The second-order valence-electron chi connectivity index (χ2n) is 5.52. The van der Waals surface area contributed by atoms with Crippen LogP contribution >= 0.6 is 7.60 Å². The third-order valence-corrected chi connectivity index (χ3v) is 4.38. The molecule has 128 valence electrons. The topological polar surface area (TPSA) is 57.5 Å². The Morgan fingerprint density at radius 3 is 1.95 bits per heavy atom. The number of rotatable bonds is 11. The molecule has 0 aliphatic carbocycles. The predicted molar refractivity (Wildman–Crippen MR) is 89.0 cm³/mol. The molecule has 0 amide bonds. The molecule has 0 aromatic heterocycles. The molecule has 1 atom stereocenters. The van der Waals surface area contributed by atoms with Gasteiger partial charge in [-0.2, -0.15) is 13.3 Å². The number of hydrogen-bond donors (Lipinski definition) is 2. The van der Waals surface area contributed by atoms with Crippen LogP contribution in [-0.2, 0) is 4.57 Å². The van der Waals surface area contributed by atoms with Gasteiger partial charge in [0.25, 0.3) is 0 Å². The Morgan fingerprint density at radius 2 is 1.57 bits per heavy atom. The minimum atomic E-state index is -3.78. The van der Waals surface area contributed by atoms with Crippen LogP contribution in [0.5, 0.6) is 0 Å². The Bertz CT molecular complexity index is 226. The van der Waals surface area contributed by atoms with Crippen LogP contribution in [0.25, 0.3) is 0 Å². The number of unbranched alkanes of at least 4 members (excludes halogenated alkanes) is 6. The fourth-order valence-electron chi connectivity index (χ4n) is 2.03. The smallest absolute Gasteiger partial charge is 0.325 e. The zero-order valence-electron chi connectivity index (χ0n) is 14.5. The van der Waals surface area contributed by atoms with Crippen molar-refractivity contribution in [2.75, 3.05) is 6.16 Å². The van der Waals surface area contributed by atoms with Crippen molar-refractivity contribution in [3.05, 3.63) is 6.42 Å². The van der Waals surface area contributed by atoms with E-state index in [1.807, 2.05) is 6.92 Å². The van der Waals surface area contributed by atoms with E-state index in [-0.39, 0.29) is 52.9 Å². The molecule has 0 saturated carbocycles. The van der Waals surface area contributed by atoms with Crippen LogP contribution in [0.3, 0.4) is 0 Å². The molecule has 0 spiro atoms. The molecule has 3 nitrogen and oxygen atoms in total. The van der Waals surface area contributed by atoms with Crippen molar-refractivity contribution in [3.8, 4) is 0 Å². The first-order valence-electron chi connectivity index (χ1n) is 8.23. The van der Waals surface area contributed by atoms with E-state index in [0.717, 1.165) is 25.7 Å². The fourth-order valence-corrected chi connectivity index (χ4v) is 3.14. The van der Waals surface area contributed by atoms with Gasteiger partial charge in [-0.15, -0.1) is 0 Å². The van der Waals surface area contributed by atoms with Gasteiger partial charge in [0.2, 0.25) is 0 Å². The van der Waals surface area contributed by atoms with Crippen LogP contribution in [0.1, 0.15) is 85.5 Å². The summed E-state index contributed by atoms with van der Waals surface area (Å²) in [5, 5.41) is 0. The molecule has 21 heavy (non-hydrogen) atoms. The summed E-state index contributed by atoms with van der Waals surface area (Å²) in [6.07, 6.45) is 13.2. The molecule has 0 bridgehead atoms. The Hall–Kier alpha value is 1.50. The minimum absolute atomic E-state index is 0. The summed E-state index contributed by atoms with van der Waals surface area (Å²) in [5.41, 5.74) is 0. The average molecular weight is 452 g/mol. The van der Waals surface area contributed by atoms with E-state index in [2.05, 4.69) is 27.2 Å². The summed E-state index contributed by atoms with van der Waals surface area (Å²) < 4.78 is 10.7. The molecule has 0 aromatic carbocycles. The van der Waals surface area contributed by atoms with Crippen molar-refractivity contribution < 1.29 is 55.2 Å². The molecule has 0 heterocycles. The molecular formula is C16H36NdO3P-. The van der Waals surface area contributed by atoms with E-state index in [9.17, 15) is 4.57 Å². The molecule has 0 saturated heterocycles. The van der Waals surface area contributed by atoms with Crippen LogP contribution in [0.2, 0.25) is 0 Å². The second-order valence-corrected chi connectivity index (χ2v) is 7.22. The summed E-state index contributed by atoms with van der Waals surface area (Å²) in [5.74, 6) is 0.200. The van der Waals surface area contributed by atoms with Crippen LogP contribution in [0, 0.1) is 53.2 Å². The van der Waals surface area contributed by atoms with E-state index in [4.69, 9.17) is 9.79 Å².